The zero-order valence-corrected chi connectivity index (χ0v) is 14.2. The van der Waals surface area contributed by atoms with Crippen LogP contribution in [-0.4, -0.2) is 25.2 Å². The molecule has 3 heterocycles. The molecule has 3 aromatic heterocycles. The van der Waals surface area contributed by atoms with Crippen molar-refractivity contribution >= 4 is 16.9 Å². The average Bonchev–Trinajstić information content (AvgIpc) is 3.08. The van der Waals surface area contributed by atoms with Gasteiger partial charge in [-0.1, -0.05) is 0 Å². The molecule has 1 amide bonds. The van der Waals surface area contributed by atoms with Crippen LogP contribution in [-0.2, 0) is 20.5 Å². The van der Waals surface area contributed by atoms with Crippen molar-refractivity contribution < 1.29 is 4.79 Å². The molecule has 0 saturated carbocycles. The normalized spacial score (nSPS) is 17.0. The van der Waals surface area contributed by atoms with Crippen LogP contribution in [0.5, 0.6) is 0 Å². The minimum absolute atomic E-state index is 0.0147. The minimum Gasteiger partial charge on any atom is -0.344 e. The summed E-state index contributed by atoms with van der Waals surface area (Å²) in [5.41, 5.74) is 4.69. The predicted octanol–water partition coefficient (Wildman–Crippen LogP) is 2.42. The fraction of sp³-hybridized carbons (Fsp3) is 0.389. The second-order valence-electron chi connectivity index (χ2n) is 6.52. The van der Waals surface area contributed by atoms with E-state index >= 15 is 0 Å². The van der Waals surface area contributed by atoms with Gasteiger partial charge in [-0.3, -0.25) is 9.48 Å². The number of hydrogen-bond donors (Lipinski definition) is 1. The molecule has 0 saturated heterocycles. The van der Waals surface area contributed by atoms with Crippen LogP contribution in [0, 0.1) is 6.92 Å². The van der Waals surface area contributed by atoms with Crippen molar-refractivity contribution in [1.29, 1.82) is 0 Å². The van der Waals surface area contributed by atoms with Crippen molar-refractivity contribution in [2.45, 2.75) is 32.2 Å². The van der Waals surface area contributed by atoms with Gasteiger partial charge in [0.1, 0.15) is 11.3 Å². The fourth-order valence-corrected chi connectivity index (χ4v) is 3.73. The highest BCUT2D eigenvalue weighted by Gasteiger charge is 2.27. The van der Waals surface area contributed by atoms with Crippen molar-refractivity contribution in [2.75, 3.05) is 0 Å². The van der Waals surface area contributed by atoms with Gasteiger partial charge in [0.05, 0.1) is 11.7 Å². The number of aryl methyl sites for hydroxylation is 3. The Morgan fingerprint density at radius 2 is 2.12 bits per heavy atom. The van der Waals surface area contributed by atoms with Gasteiger partial charge in [0.2, 0.25) is 0 Å². The standard InChI is InChI=1S/C18H21N5O/c1-11-16-13(5-4-6-15(16)23(3)21-11)20-18(24)14-8-7-12-9-10-22(2)17(12)19-14/h7-10,13H,4-6H2,1-3H3,(H,20,24). The molecule has 3 aromatic rings. The van der Waals surface area contributed by atoms with Gasteiger partial charge in [-0.2, -0.15) is 5.10 Å². The van der Waals surface area contributed by atoms with Gasteiger partial charge in [-0.15, -0.1) is 0 Å². The number of hydrogen-bond acceptors (Lipinski definition) is 3. The van der Waals surface area contributed by atoms with Gasteiger partial charge in [-0.05, 0) is 44.4 Å². The minimum atomic E-state index is -0.126. The molecule has 1 atom stereocenters. The zero-order valence-electron chi connectivity index (χ0n) is 14.2. The summed E-state index contributed by atoms with van der Waals surface area (Å²) in [6.07, 6.45) is 4.97. The maximum atomic E-state index is 12.7. The van der Waals surface area contributed by atoms with Crippen LogP contribution in [0.15, 0.2) is 24.4 Å². The summed E-state index contributed by atoms with van der Waals surface area (Å²) >= 11 is 0. The molecule has 124 valence electrons. The molecule has 0 aliphatic heterocycles. The lowest BCUT2D eigenvalue weighted by molar-refractivity contribution is 0.0928. The Morgan fingerprint density at radius 3 is 2.96 bits per heavy atom. The summed E-state index contributed by atoms with van der Waals surface area (Å²) in [4.78, 5) is 17.2. The first-order valence-corrected chi connectivity index (χ1v) is 8.30. The summed E-state index contributed by atoms with van der Waals surface area (Å²) in [6, 6.07) is 5.74. The lowest BCUT2D eigenvalue weighted by atomic mass is 9.91. The first-order valence-electron chi connectivity index (χ1n) is 8.30. The van der Waals surface area contributed by atoms with E-state index in [0.29, 0.717) is 5.69 Å². The Kier molecular flexibility index (Phi) is 3.40. The lowest BCUT2D eigenvalue weighted by Gasteiger charge is -2.24. The van der Waals surface area contributed by atoms with Crippen molar-refractivity contribution in [3.8, 4) is 0 Å². The Labute approximate surface area is 140 Å². The molecule has 0 spiro atoms. The van der Waals surface area contributed by atoms with Crippen LogP contribution in [0.1, 0.15) is 46.3 Å². The molecule has 6 heteroatoms. The molecule has 1 N–H and O–H groups in total. The van der Waals surface area contributed by atoms with Crippen LogP contribution in [0.2, 0.25) is 0 Å². The quantitative estimate of drug-likeness (QED) is 0.788. The van der Waals surface area contributed by atoms with Crippen molar-refractivity contribution in [3.05, 3.63) is 47.0 Å². The average molecular weight is 323 g/mol. The summed E-state index contributed by atoms with van der Waals surface area (Å²) < 4.78 is 3.87. The highest BCUT2D eigenvalue weighted by Crippen LogP contribution is 2.32. The highest BCUT2D eigenvalue weighted by molar-refractivity contribution is 5.94. The number of nitrogens with one attached hydrogen (secondary N) is 1. The number of pyridine rings is 1. The molecule has 0 fully saturated rings. The first kappa shape index (κ1) is 14.9. The number of amides is 1. The molecule has 6 nitrogen and oxygen atoms in total. The van der Waals surface area contributed by atoms with Crippen LogP contribution in [0.4, 0.5) is 0 Å². The Balaban J connectivity index is 1.63. The third-order valence-electron chi connectivity index (χ3n) is 4.90. The molecule has 1 unspecified atom stereocenters. The van der Waals surface area contributed by atoms with Crippen molar-refractivity contribution in [1.82, 2.24) is 24.6 Å². The highest BCUT2D eigenvalue weighted by atomic mass is 16.1. The maximum absolute atomic E-state index is 12.7. The number of rotatable bonds is 2. The molecule has 0 aromatic carbocycles. The van der Waals surface area contributed by atoms with Crippen molar-refractivity contribution in [2.24, 2.45) is 14.1 Å². The fourth-order valence-electron chi connectivity index (χ4n) is 3.73. The molecule has 1 aliphatic rings. The van der Waals surface area contributed by atoms with Crippen LogP contribution in [0.3, 0.4) is 0 Å². The van der Waals surface area contributed by atoms with E-state index in [-0.39, 0.29) is 11.9 Å². The van der Waals surface area contributed by atoms with E-state index < -0.39 is 0 Å². The third kappa shape index (κ3) is 2.29. The summed E-state index contributed by atoms with van der Waals surface area (Å²) in [5, 5.41) is 8.71. The number of carbonyl (C=O) groups is 1. The maximum Gasteiger partial charge on any atom is 0.270 e. The predicted molar refractivity (Wildman–Crippen MR) is 91.8 cm³/mol. The number of fused-ring (bicyclic) bond motifs is 2. The molecular formula is C18H21N5O. The SMILES string of the molecule is Cc1nn(C)c2c1C(NC(=O)c1ccc3ccn(C)c3n1)CCC2. The van der Waals surface area contributed by atoms with E-state index in [1.54, 1.807) is 6.07 Å². The van der Waals surface area contributed by atoms with Crippen LogP contribution in [0.25, 0.3) is 11.0 Å². The van der Waals surface area contributed by atoms with Gasteiger partial charge in [0, 0.05) is 36.9 Å². The largest absolute Gasteiger partial charge is 0.344 e. The van der Waals surface area contributed by atoms with E-state index in [0.717, 1.165) is 36.0 Å². The second-order valence-corrected chi connectivity index (χ2v) is 6.52. The monoisotopic (exact) mass is 323 g/mol. The third-order valence-corrected chi connectivity index (χ3v) is 4.90. The smallest absolute Gasteiger partial charge is 0.270 e. The molecule has 0 radical (unpaired) electrons. The lowest BCUT2D eigenvalue weighted by Crippen LogP contribution is -2.32. The molecule has 4 rings (SSSR count). The van der Waals surface area contributed by atoms with E-state index in [9.17, 15) is 4.79 Å². The molecule has 24 heavy (non-hydrogen) atoms. The molecule has 0 bridgehead atoms. The topological polar surface area (TPSA) is 64.7 Å². The van der Waals surface area contributed by atoms with Gasteiger partial charge in [0.25, 0.3) is 5.91 Å². The number of aromatic nitrogens is 4. The Hall–Kier alpha value is -2.63. The van der Waals surface area contributed by atoms with Gasteiger partial charge in [0.15, 0.2) is 0 Å². The summed E-state index contributed by atoms with van der Waals surface area (Å²) in [7, 11) is 3.91. The second kappa shape index (κ2) is 5.47. The first-order chi connectivity index (χ1) is 11.5. The van der Waals surface area contributed by atoms with Gasteiger partial charge >= 0.3 is 0 Å². The number of carbonyl (C=O) groups excluding carboxylic acids is 1. The zero-order chi connectivity index (χ0) is 16.8. The van der Waals surface area contributed by atoms with E-state index in [1.807, 2.05) is 48.6 Å². The van der Waals surface area contributed by atoms with Gasteiger partial charge < -0.3 is 9.88 Å². The molecular weight excluding hydrogens is 302 g/mol. The van der Waals surface area contributed by atoms with Crippen LogP contribution < -0.4 is 5.32 Å². The van der Waals surface area contributed by atoms with E-state index in [1.165, 1.54) is 11.3 Å². The van der Waals surface area contributed by atoms with Crippen LogP contribution >= 0.6 is 0 Å². The van der Waals surface area contributed by atoms with E-state index in [4.69, 9.17) is 0 Å². The summed E-state index contributed by atoms with van der Waals surface area (Å²) in [6.45, 7) is 2.01. The van der Waals surface area contributed by atoms with Crippen molar-refractivity contribution in [3.63, 3.8) is 0 Å². The Bertz CT molecular complexity index is 936. The Morgan fingerprint density at radius 1 is 1.29 bits per heavy atom. The summed E-state index contributed by atoms with van der Waals surface area (Å²) in [5.74, 6) is -0.126. The van der Waals surface area contributed by atoms with Gasteiger partial charge in [-0.25, -0.2) is 4.98 Å². The van der Waals surface area contributed by atoms with E-state index in [2.05, 4.69) is 15.4 Å². The number of nitrogens with zero attached hydrogens (tertiary/aromatic N) is 4. The molecule has 1 aliphatic carbocycles.